The summed E-state index contributed by atoms with van der Waals surface area (Å²) < 4.78 is 24.5. The first-order chi connectivity index (χ1) is 14.9. The van der Waals surface area contributed by atoms with E-state index in [1.54, 1.807) is 37.3 Å². The second-order valence-electron chi connectivity index (χ2n) is 6.27. The van der Waals surface area contributed by atoms with Gasteiger partial charge in [0, 0.05) is 0 Å². The van der Waals surface area contributed by atoms with E-state index in [0.29, 0.717) is 0 Å². The highest BCUT2D eigenvalue weighted by Crippen LogP contribution is 2.31. The number of aromatic carboxylic acids is 1. The van der Waals surface area contributed by atoms with Crippen molar-refractivity contribution in [3.05, 3.63) is 89.2 Å². The van der Waals surface area contributed by atoms with Crippen LogP contribution in [-0.4, -0.2) is 29.6 Å². The summed E-state index contributed by atoms with van der Waals surface area (Å²) in [7, 11) is 0. The van der Waals surface area contributed by atoms with Gasteiger partial charge in [-0.25, -0.2) is 14.0 Å². The van der Waals surface area contributed by atoms with E-state index < -0.39 is 23.7 Å². The van der Waals surface area contributed by atoms with E-state index in [4.69, 9.17) is 9.47 Å². The quantitative estimate of drug-likeness (QED) is 0.532. The van der Waals surface area contributed by atoms with Crippen molar-refractivity contribution < 1.29 is 33.4 Å². The highest BCUT2D eigenvalue weighted by atomic mass is 19.1. The van der Waals surface area contributed by atoms with Crippen LogP contribution in [0.25, 0.3) is 0 Å². The van der Waals surface area contributed by atoms with Crippen molar-refractivity contribution in [1.82, 2.24) is 0 Å². The number of anilines is 1. The van der Waals surface area contributed by atoms with Crippen LogP contribution in [0.3, 0.4) is 0 Å². The summed E-state index contributed by atoms with van der Waals surface area (Å²) in [5.74, 6) is -3.10. The van der Waals surface area contributed by atoms with Crippen LogP contribution in [0, 0.1) is 5.82 Å². The molecule has 0 saturated heterocycles. The smallest absolute Gasteiger partial charge is 0.339 e. The van der Waals surface area contributed by atoms with E-state index in [2.05, 4.69) is 5.32 Å². The molecule has 0 radical (unpaired) electrons. The fourth-order valence-electron chi connectivity index (χ4n) is 2.77. The summed E-state index contributed by atoms with van der Waals surface area (Å²) in [6.45, 7) is 1.72. The second kappa shape index (κ2) is 9.53. The van der Waals surface area contributed by atoms with Gasteiger partial charge in [0.05, 0.1) is 29.0 Å². The molecule has 3 aromatic rings. The molecule has 7 nitrogen and oxygen atoms in total. The Morgan fingerprint density at radius 1 is 0.935 bits per heavy atom. The Morgan fingerprint density at radius 3 is 2.35 bits per heavy atom. The number of hydrogen-bond acceptors (Lipinski definition) is 5. The molecule has 8 heteroatoms. The van der Waals surface area contributed by atoms with Crippen molar-refractivity contribution in [3.63, 3.8) is 0 Å². The van der Waals surface area contributed by atoms with Crippen LogP contribution in [0.5, 0.6) is 11.5 Å². The first kappa shape index (κ1) is 21.5. The van der Waals surface area contributed by atoms with E-state index >= 15 is 0 Å². The van der Waals surface area contributed by atoms with Crippen LogP contribution in [0.2, 0.25) is 0 Å². The molecule has 0 saturated carbocycles. The molecule has 0 aliphatic heterocycles. The van der Waals surface area contributed by atoms with Crippen molar-refractivity contribution in [2.45, 2.75) is 6.92 Å². The molecule has 0 fully saturated rings. The number of hydrogen-bond donors (Lipinski definition) is 2. The van der Waals surface area contributed by atoms with Crippen molar-refractivity contribution in [2.24, 2.45) is 0 Å². The number of rotatable bonds is 7. The maximum Gasteiger partial charge on any atom is 0.339 e. The zero-order chi connectivity index (χ0) is 22.4. The molecule has 158 valence electrons. The SMILES string of the molecule is CCOC(=O)c1ccc(Oc2ccccc2NC(=O)c2ccccc2F)cc1C(=O)O. The molecule has 0 aromatic heterocycles. The van der Waals surface area contributed by atoms with E-state index in [9.17, 15) is 23.9 Å². The van der Waals surface area contributed by atoms with Crippen LogP contribution in [0.4, 0.5) is 10.1 Å². The minimum absolute atomic E-state index is 0.102. The maximum absolute atomic E-state index is 13.9. The Bertz CT molecular complexity index is 1140. The van der Waals surface area contributed by atoms with Gasteiger partial charge >= 0.3 is 11.9 Å². The third-order valence-corrected chi connectivity index (χ3v) is 4.20. The monoisotopic (exact) mass is 423 g/mol. The number of carboxylic acid groups (broad SMARTS) is 1. The Morgan fingerprint density at radius 2 is 1.65 bits per heavy atom. The Hall–Kier alpha value is -4.20. The average molecular weight is 423 g/mol. The van der Waals surface area contributed by atoms with Gasteiger partial charge in [0.15, 0.2) is 5.75 Å². The maximum atomic E-state index is 13.9. The zero-order valence-electron chi connectivity index (χ0n) is 16.4. The summed E-state index contributed by atoms with van der Waals surface area (Å²) in [6, 6.07) is 15.8. The third kappa shape index (κ3) is 5.05. The number of carboxylic acids is 1. The predicted molar refractivity (Wildman–Crippen MR) is 110 cm³/mol. The van der Waals surface area contributed by atoms with Crippen molar-refractivity contribution >= 4 is 23.5 Å². The summed E-state index contributed by atoms with van der Waals surface area (Å²) in [4.78, 5) is 36.0. The molecule has 0 atom stereocenters. The first-order valence-electron chi connectivity index (χ1n) is 9.28. The third-order valence-electron chi connectivity index (χ3n) is 4.20. The van der Waals surface area contributed by atoms with Gasteiger partial charge in [-0.05, 0) is 49.4 Å². The fraction of sp³-hybridized carbons (Fsp3) is 0.0870. The van der Waals surface area contributed by atoms with Crippen LogP contribution >= 0.6 is 0 Å². The van der Waals surface area contributed by atoms with E-state index in [0.717, 1.165) is 0 Å². The molecule has 3 aromatic carbocycles. The number of esters is 1. The van der Waals surface area contributed by atoms with Gasteiger partial charge in [0.25, 0.3) is 5.91 Å². The largest absolute Gasteiger partial charge is 0.478 e. The molecule has 2 N–H and O–H groups in total. The molecular weight excluding hydrogens is 405 g/mol. The van der Waals surface area contributed by atoms with E-state index in [1.165, 1.54) is 36.4 Å². The van der Waals surface area contributed by atoms with Crippen molar-refractivity contribution in [2.75, 3.05) is 11.9 Å². The number of benzene rings is 3. The molecule has 3 rings (SSSR count). The number of amides is 1. The number of nitrogens with one attached hydrogen (secondary N) is 1. The number of ether oxygens (including phenoxy) is 2. The Balaban J connectivity index is 1.88. The number of para-hydroxylation sites is 2. The lowest BCUT2D eigenvalue weighted by atomic mass is 10.1. The molecular formula is C23H18FNO6. The van der Waals surface area contributed by atoms with Gasteiger partial charge in [-0.15, -0.1) is 0 Å². The highest BCUT2D eigenvalue weighted by molar-refractivity contribution is 6.05. The topological polar surface area (TPSA) is 102 Å². The van der Waals surface area contributed by atoms with Crippen LogP contribution < -0.4 is 10.1 Å². The average Bonchev–Trinajstić information content (AvgIpc) is 2.75. The molecule has 0 unspecified atom stereocenters. The number of carbonyl (C=O) groups is 3. The lowest BCUT2D eigenvalue weighted by Gasteiger charge is -2.14. The zero-order valence-corrected chi connectivity index (χ0v) is 16.4. The van der Waals surface area contributed by atoms with E-state index in [-0.39, 0.29) is 40.5 Å². The first-order valence-corrected chi connectivity index (χ1v) is 9.28. The van der Waals surface area contributed by atoms with Gasteiger partial charge in [0.1, 0.15) is 11.6 Å². The van der Waals surface area contributed by atoms with Gasteiger partial charge in [-0.1, -0.05) is 24.3 Å². The fourth-order valence-corrected chi connectivity index (χ4v) is 2.77. The van der Waals surface area contributed by atoms with Gasteiger partial charge < -0.3 is 19.9 Å². The second-order valence-corrected chi connectivity index (χ2v) is 6.27. The highest BCUT2D eigenvalue weighted by Gasteiger charge is 2.19. The molecule has 31 heavy (non-hydrogen) atoms. The normalized spacial score (nSPS) is 10.3. The lowest BCUT2D eigenvalue weighted by Crippen LogP contribution is -2.14. The molecule has 0 spiro atoms. The molecule has 0 heterocycles. The molecule has 0 bridgehead atoms. The minimum Gasteiger partial charge on any atom is -0.478 e. The number of carbonyl (C=O) groups excluding carboxylic acids is 2. The van der Waals surface area contributed by atoms with Gasteiger partial charge in [-0.2, -0.15) is 0 Å². The summed E-state index contributed by atoms with van der Waals surface area (Å²) >= 11 is 0. The summed E-state index contributed by atoms with van der Waals surface area (Å²) in [6.07, 6.45) is 0. The number of halogens is 1. The molecule has 0 aliphatic carbocycles. The summed E-state index contributed by atoms with van der Waals surface area (Å²) in [5.41, 5.74) is -0.280. The minimum atomic E-state index is -1.32. The van der Waals surface area contributed by atoms with Crippen LogP contribution in [0.1, 0.15) is 38.0 Å². The standard InChI is InChI=1S/C23H18FNO6/c1-2-30-23(29)15-12-11-14(13-17(15)22(27)28)31-20-10-6-5-9-19(20)25-21(26)16-7-3-4-8-18(16)24/h3-13H,2H2,1H3,(H,25,26)(H,27,28). The molecule has 0 aliphatic rings. The summed E-state index contributed by atoms with van der Waals surface area (Å²) in [5, 5.41) is 12.0. The molecule has 1 amide bonds. The predicted octanol–water partition coefficient (Wildman–Crippen LogP) is 4.75. The Kier molecular flexibility index (Phi) is 6.61. The lowest BCUT2D eigenvalue weighted by molar-refractivity contribution is 0.0514. The van der Waals surface area contributed by atoms with Crippen molar-refractivity contribution in [1.29, 1.82) is 0 Å². The van der Waals surface area contributed by atoms with Gasteiger partial charge in [-0.3, -0.25) is 4.79 Å². The van der Waals surface area contributed by atoms with E-state index in [1.807, 2.05) is 0 Å². The van der Waals surface area contributed by atoms with Gasteiger partial charge in [0.2, 0.25) is 0 Å². The Labute approximate surface area is 177 Å². The van der Waals surface area contributed by atoms with Crippen LogP contribution in [0.15, 0.2) is 66.7 Å². The van der Waals surface area contributed by atoms with Crippen LogP contribution in [-0.2, 0) is 4.74 Å². The van der Waals surface area contributed by atoms with Crippen molar-refractivity contribution in [3.8, 4) is 11.5 Å².